The molecule has 178 valence electrons. The number of hydrogen-bond acceptors (Lipinski definition) is 4. The molecule has 0 unspecified atom stereocenters. The molecule has 2 amide bonds. The minimum Gasteiger partial charge on any atom is -0.497 e. The number of piperazine rings is 1. The van der Waals surface area contributed by atoms with Gasteiger partial charge in [-0.3, -0.25) is 4.79 Å². The van der Waals surface area contributed by atoms with E-state index in [2.05, 4.69) is 0 Å². The molecule has 8 heteroatoms. The Labute approximate surface area is 204 Å². The Morgan fingerprint density at radius 2 is 1.62 bits per heavy atom. The Hall–Kier alpha value is -3.45. The van der Waals surface area contributed by atoms with E-state index in [1.54, 1.807) is 23.8 Å². The molecule has 0 radical (unpaired) electrons. The highest BCUT2D eigenvalue weighted by Gasteiger charge is 2.28. The summed E-state index contributed by atoms with van der Waals surface area (Å²) in [6, 6.07) is 17.2. The second kappa shape index (κ2) is 10.2. The first-order valence-corrected chi connectivity index (χ1v) is 11.6. The van der Waals surface area contributed by atoms with Crippen molar-refractivity contribution in [2.75, 3.05) is 39.9 Å². The van der Waals surface area contributed by atoms with Crippen LogP contribution in [0.1, 0.15) is 23.0 Å². The maximum absolute atomic E-state index is 13.6. The van der Waals surface area contributed by atoms with Gasteiger partial charge in [-0.15, -0.1) is 0 Å². The van der Waals surface area contributed by atoms with Crippen LogP contribution in [0.4, 0.5) is 4.79 Å². The van der Waals surface area contributed by atoms with Crippen molar-refractivity contribution >= 4 is 23.6 Å². The van der Waals surface area contributed by atoms with Crippen molar-refractivity contribution in [3.05, 3.63) is 70.9 Å². The molecule has 1 saturated heterocycles. The van der Waals surface area contributed by atoms with E-state index in [-0.39, 0.29) is 12.0 Å². The third-order valence-corrected chi connectivity index (χ3v) is 6.37. The highest BCUT2D eigenvalue weighted by atomic mass is 35.5. The molecule has 4 rings (SSSR count). The molecule has 2 heterocycles. The lowest BCUT2D eigenvalue weighted by atomic mass is 10.1. The first kappa shape index (κ1) is 23.7. The van der Waals surface area contributed by atoms with E-state index in [0.717, 1.165) is 28.4 Å². The Morgan fingerprint density at radius 3 is 2.24 bits per heavy atom. The van der Waals surface area contributed by atoms with E-state index in [9.17, 15) is 9.59 Å². The van der Waals surface area contributed by atoms with E-state index < -0.39 is 0 Å². The molecule has 3 aromatic rings. The number of para-hydroxylation sites is 1. The zero-order valence-electron chi connectivity index (χ0n) is 19.6. The van der Waals surface area contributed by atoms with Crippen LogP contribution in [0, 0.1) is 6.92 Å². The van der Waals surface area contributed by atoms with Gasteiger partial charge in [0, 0.05) is 31.9 Å². The van der Waals surface area contributed by atoms with E-state index in [0.29, 0.717) is 43.4 Å². The Bertz CT molecular complexity index is 1180. The summed E-state index contributed by atoms with van der Waals surface area (Å²) in [6.45, 7) is 5.84. The van der Waals surface area contributed by atoms with Crippen LogP contribution in [-0.4, -0.2) is 66.3 Å². The largest absolute Gasteiger partial charge is 0.497 e. The van der Waals surface area contributed by atoms with Crippen LogP contribution in [0.2, 0.25) is 5.02 Å². The minimum atomic E-state index is -0.336. The molecule has 0 atom stereocenters. The Balaban J connectivity index is 1.69. The predicted molar refractivity (Wildman–Crippen MR) is 132 cm³/mol. The van der Waals surface area contributed by atoms with Gasteiger partial charge in [-0.1, -0.05) is 23.7 Å². The van der Waals surface area contributed by atoms with Gasteiger partial charge < -0.3 is 23.8 Å². The number of carbonyl (C=O) groups is 2. The normalized spacial score (nSPS) is 13.6. The van der Waals surface area contributed by atoms with Gasteiger partial charge in [-0.25, -0.2) is 4.79 Å². The number of benzene rings is 2. The number of hydrogen-bond donors (Lipinski definition) is 0. The van der Waals surface area contributed by atoms with Gasteiger partial charge in [0.1, 0.15) is 5.75 Å². The van der Waals surface area contributed by atoms with E-state index in [1.165, 1.54) is 0 Å². The lowest BCUT2D eigenvalue weighted by Gasteiger charge is -2.34. The number of rotatable bonds is 5. The van der Waals surface area contributed by atoms with Gasteiger partial charge in [0.2, 0.25) is 0 Å². The molecule has 1 aliphatic rings. The van der Waals surface area contributed by atoms with E-state index in [1.807, 2.05) is 66.1 Å². The summed E-state index contributed by atoms with van der Waals surface area (Å²) in [4.78, 5) is 29.0. The fourth-order valence-corrected chi connectivity index (χ4v) is 4.44. The van der Waals surface area contributed by atoms with Gasteiger partial charge in [-0.2, -0.15) is 0 Å². The molecular weight excluding hydrogens is 454 g/mol. The predicted octanol–water partition coefficient (Wildman–Crippen LogP) is 5.03. The van der Waals surface area contributed by atoms with Gasteiger partial charge in [0.25, 0.3) is 5.91 Å². The molecule has 1 fully saturated rings. The van der Waals surface area contributed by atoms with Gasteiger partial charge >= 0.3 is 6.09 Å². The highest BCUT2D eigenvalue weighted by Crippen LogP contribution is 2.34. The van der Waals surface area contributed by atoms with Crippen molar-refractivity contribution in [3.8, 4) is 22.7 Å². The number of ether oxygens (including phenoxy) is 2. The smallest absolute Gasteiger partial charge is 0.409 e. The van der Waals surface area contributed by atoms with E-state index in [4.69, 9.17) is 21.1 Å². The van der Waals surface area contributed by atoms with E-state index >= 15 is 0 Å². The first-order chi connectivity index (χ1) is 16.4. The molecule has 0 N–H and O–H groups in total. The average molecular weight is 482 g/mol. The third-order valence-electron chi connectivity index (χ3n) is 6.05. The fourth-order valence-electron chi connectivity index (χ4n) is 4.22. The SMILES string of the molecule is CCOC(=O)N1CCN(C(=O)c2cc(-c3ccc(OC)cc3)n(-c3ccccc3Cl)c2C)CC1. The van der Waals surface area contributed by atoms with Crippen LogP contribution < -0.4 is 4.74 Å². The zero-order valence-corrected chi connectivity index (χ0v) is 20.3. The molecule has 0 bridgehead atoms. The van der Waals surface area contributed by atoms with Crippen LogP contribution in [0.3, 0.4) is 0 Å². The maximum atomic E-state index is 13.6. The molecule has 1 aliphatic heterocycles. The molecule has 0 spiro atoms. The summed E-state index contributed by atoms with van der Waals surface area (Å²) in [5.41, 5.74) is 4.02. The van der Waals surface area contributed by atoms with Crippen molar-refractivity contribution < 1.29 is 19.1 Å². The number of carbonyl (C=O) groups excluding carboxylic acids is 2. The monoisotopic (exact) mass is 481 g/mol. The summed E-state index contributed by atoms with van der Waals surface area (Å²) in [5, 5.41) is 0.595. The number of methoxy groups -OCH3 is 1. The molecular formula is C26H28ClN3O4. The maximum Gasteiger partial charge on any atom is 0.409 e. The van der Waals surface area contributed by atoms with Crippen LogP contribution in [0.15, 0.2) is 54.6 Å². The minimum absolute atomic E-state index is 0.0680. The summed E-state index contributed by atoms with van der Waals surface area (Å²) in [6.07, 6.45) is -0.336. The number of aromatic nitrogens is 1. The molecule has 0 saturated carbocycles. The summed E-state index contributed by atoms with van der Waals surface area (Å²) in [5.74, 6) is 0.689. The Kier molecular flexibility index (Phi) is 7.12. The second-order valence-electron chi connectivity index (χ2n) is 8.02. The van der Waals surface area contributed by atoms with Crippen molar-refractivity contribution in [3.63, 3.8) is 0 Å². The van der Waals surface area contributed by atoms with Crippen molar-refractivity contribution in [2.24, 2.45) is 0 Å². The van der Waals surface area contributed by atoms with Crippen LogP contribution >= 0.6 is 11.6 Å². The van der Waals surface area contributed by atoms with Gasteiger partial charge in [0.05, 0.1) is 35.7 Å². The van der Waals surface area contributed by atoms with Crippen molar-refractivity contribution in [1.82, 2.24) is 14.4 Å². The second-order valence-corrected chi connectivity index (χ2v) is 8.43. The summed E-state index contributed by atoms with van der Waals surface area (Å²) >= 11 is 6.56. The summed E-state index contributed by atoms with van der Waals surface area (Å²) < 4.78 is 12.4. The zero-order chi connectivity index (χ0) is 24.2. The lowest BCUT2D eigenvalue weighted by Crippen LogP contribution is -2.50. The quantitative estimate of drug-likeness (QED) is 0.512. The number of halogens is 1. The number of nitrogens with zero attached hydrogens (tertiary/aromatic N) is 3. The molecule has 0 aliphatic carbocycles. The highest BCUT2D eigenvalue weighted by molar-refractivity contribution is 6.32. The fraction of sp³-hybridized carbons (Fsp3) is 0.308. The van der Waals surface area contributed by atoms with Gasteiger partial charge in [0.15, 0.2) is 0 Å². The van der Waals surface area contributed by atoms with Crippen LogP contribution in [0.25, 0.3) is 16.9 Å². The number of amides is 2. The van der Waals surface area contributed by atoms with Crippen molar-refractivity contribution in [1.29, 1.82) is 0 Å². The third kappa shape index (κ3) is 4.61. The molecule has 2 aromatic carbocycles. The molecule has 7 nitrogen and oxygen atoms in total. The summed E-state index contributed by atoms with van der Waals surface area (Å²) in [7, 11) is 1.63. The topological polar surface area (TPSA) is 64.0 Å². The standard InChI is InChI=1S/C26H28ClN3O4/c1-4-34-26(32)29-15-13-28(14-16-29)25(31)21-17-24(19-9-11-20(33-3)12-10-19)30(18(21)2)23-8-6-5-7-22(23)27/h5-12,17H,4,13-16H2,1-3H3. The van der Waals surface area contributed by atoms with Crippen LogP contribution in [0.5, 0.6) is 5.75 Å². The van der Waals surface area contributed by atoms with Crippen molar-refractivity contribution in [2.45, 2.75) is 13.8 Å². The molecule has 1 aromatic heterocycles. The molecule has 34 heavy (non-hydrogen) atoms. The van der Waals surface area contributed by atoms with Crippen LogP contribution in [-0.2, 0) is 4.74 Å². The average Bonchev–Trinajstić information content (AvgIpc) is 3.21. The Morgan fingerprint density at radius 1 is 0.971 bits per heavy atom. The lowest BCUT2D eigenvalue weighted by molar-refractivity contribution is 0.0570. The van der Waals surface area contributed by atoms with Gasteiger partial charge in [-0.05, 0) is 61.9 Å². The first-order valence-electron chi connectivity index (χ1n) is 11.3.